The van der Waals surface area contributed by atoms with Crippen molar-refractivity contribution in [2.45, 2.75) is 57.8 Å². The Balaban J connectivity index is 1.54. The highest BCUT2D eigenvalue weighted by Gasteiger charge is 2.34. The molecule has 4 heteroatoms. The number of Topliss-reactive ketones (excluding diaryl/α,β-unsaturated/α-hetero) is 1. The van der Waals surface area contributed by atoms with Crippen molar-refractivity contribution in [1.82, 2.24) is 0 Å². The van der Waals surface area contributed by atoms with Crippen molar-refractivity contribution in [2.75, 3.05) is 6.61 Å². The fourth-order valence-corrected chi connectivity index (χ4v) is 4.37. The molecule has 0 radical (unpaired) electrons. The molecule has 1 N–H and O–H groups in total. The topological polar surface area (TPSA) is 63.6 Å². The third kappa shape index (κ3) is 3.14. The molecule has 1 heterocycles. The van der Waals surface area contributed by atoms with E-state index < -0.39 is 5.97 Å². The van der Waals surface area contributed by atoms with E-state index in [1.165, 1.54) is 44.9 Å². The number of allylic oxidation sites excluding steroid dienone is 1. The van der Waals surface area contributed by atoms with Gasteiger partial charge in [-0.1, -0.05) is 32.1 Å². The number of ether oxygens (including phenoxy) is 1. The normalized spacial score (nSPS) is 35.3. The molecule has 4 nitrogen and oxygen atoms in total. The first kappa shape index (κ1) is 14.6. The second-order valence-corrected chi connectivity index (χ2v) is 6.84. The zero-order valence-electron chi connectivity index (χ0n) is 12.5. The van der Waals surface area contributed by atoms with Crippen molar-refractivity contribution in [3.63, 3.8) is 0 Å². The van der Waals surface area contributed by atoms with Gasteiger partial charge in [0.1, 0.15) is 11.3 Å². The standard InChI is InChI=1S/C17H24O4/c18-14(16-15(19)10-21-17(16)20)8-6-11-5-7-12-3-1-2-4-13(12)9-11/h11-13,18H,1-10H2/b16-14+/t11-,12+,13+/m0/s1. The lowest BCUT2D eigenvalue weighted by Crippen LogP contribution is -2.27. The fraction of sp³-hybridized carbons (Fsp3) is 0.765. The quantitative estimate of drug-likeness (QED) is 0.375. The molecule has 3 rings (SSSR count). The lowest BCUT2D eigenvalue weighted by Gasteiger charge is -2.39. The highest BCUT2D eigenvalue weighted by molar-refractivity contribution is 6.22. The van der Waals surface area contributed by atoms with Crippen molar-refractivity contribution >= 4 is 11.8 Å². The van der Waals surface area contributed by atoms with E-state index in [1.54, 1.807) is 0 Å². The van der Waals surface area contributed by atoms with Gasteiger partial charge in [-0.25, -0.2) is 4.79 Å². The van der Waals surface area contributed by atoms with Crippen LogP contribution in [0.25, 0.3) is 0 Å². The first-order valence-electron chi connectivity index (χ1n) is 8.27. The van der Waals surface area contributed by atoms with Crippen LogP contribution >= 0.6 is 0 Å². The van der Waals surface area contributed by atoms with Crippen LogP contribution in [0.3, 0.4) is 0 Å². The summed E-state index contributed by atoms with van der Waals surface area (Å²) in [5.74, 6) is 1.31. The van der Waals surface area contributed by atoms with Gasteiger partial charge in [-0.3, -0.25) is 4.79 Å². The average molecular weight is 292 g/mol. The molecule has 0 bridgehead atoms. The summed E-state index contributed by atoms with van der Waals surface area (Å²) in [5.41, 5.74) is -0.110. The Hall–Kier alpha value is -1.32. The molecule has 0 amide bonds. The van der Waals surface area contributed by atoms with Crippen LogP contribution in [0.1, 0.15) is 57.8 Å². The number of cyclic esters (lactones) is 1. The third-order valence-corrected chi connectivity index (χ3v) is 5.54. The first-order chi connectivity index (χ1) is 10.1. The molecule has 2 saturated carbocycles. The number of fused-ring (bicyclic) bond motifs is 1. The first-order valence-corrected chi connectivity index (χ1v) is 8.27. The van der Waals surface area contributed by atoms with Gasteiger partial charge in [0.2, 0.25) is 5.78 Å². The van der Waals surface area contributed by atoms with E-state index in [0.29, 0.717) is 12.3 Å². The van der Waals surface area contributed by atoms with Crippen molar-refractivity contribution in [3.05, 3.63) is 11.3 Å². The summed E-state index contributed by atoms with van der Waals surface area (Å²) >= 11 is 0. The maximum Gasteiger partial charge on any atom is 0.345 e. The monoisotopic (exact) mass is 292 g/mol. The number of esters is 1. The Bertz CT molecular complexity index is 447. The molecule has 3 aliphatic rings. The van der Waals surface area contributed by atoms with E-state index in [9.17, 15) is 14.7 Å². The Morgan fingerprint density at radius 3 is 2.57 bits per heavy atom. The van der Waals surface area contributed by atoms with E-state index in [0.717, 1.165) is 18.3 Å². The maximum atomic E-state index is 11.5. The van der Waals surface area contributed by atoms with Gasteiger partial charge in [0.25, 0.3) is 0 Å². The minimum absolute atomic E-state index is 0.0618. The number of aliphatic hydroxyl groups is 1. The van der Waals surface area contributed by atoms with Crippen LogP contribution in [0.4, 0.5) is 0 Å². The molecule has 3 atom stereocenters. The lowest BCUT2D eigenvalue weighted by molar-refractivity contribution is -0.135. The summed E-state index contributed by atoms with van der Waals surface area (Å²) in [7, 11) is 0. The third-order valence-electron chi connectivity index (χ3n) is 5.54. The molecule has 116 valence electrons. The van der Waals surface area contributed by atoms with Crippen molar-refractivity contribution < 1.29 is 19.4 Å². The molecular formula is C17H24O4. The van der Waals surface area contributed by atoms with Crippen LogP contribution in [0.2, 0.25) is 0 Å². The predicted molar refractivity (Wildman–Crippen MR) is 77.6 cm³/mol. The summed E-state index contributed by atoms with van der Waals surface area (Å²) in [4.78, 5) is 22.9. The number of carbonyl (C=O) groups is 2. The van der Waals surface area contributed by atoms with Gasteiger partial charge in [0.15, 0.2) is 6.61 Å². The number of hydrogen-bond donors (Lipinski definition) is 1. The Morgan fingerprint density at radius 1 is 1.10 bits per heavy atom. The predicted octanol–water partition coefficient (Wildman–Crippen LogP) is 3.31. The van der Waals surface area contributed by atoms with Crippen LogP contribution in [0.5, 0.6) is 0 Å². The second kappa shape index (κ2) is 6.20. The average Bonchev–Trinajstić information content (AvgIpc) is 2.84. The maximum absolute atomic E-state index is 11.5. The number of carbonyl (C=O) groups excluding carboxylic acids is 2. The van der Waals surface area contributed by atoms with Crippen LogP contribution in [0, 0.1) is 17.8 Å². The van der Waals surface area contributed by atoms with Crippen LogP contribution in [0.15, 0.2) is 11.3 Å². The van der Waals surface area contributed by atoms with Gasteiger partial charge < -0.3 is 9.84 Å². The van der Waals surface area contributed by atoms with Crippen molar-refractivity contribution in [2.24, 2.45) is 17.8 Å². The number of hydrogen-bond acceptors (Lipinski definition) is 4. The molecular weight excluding hydrogens is 268 g/mol. The van der Waals surface area contributed by atoms with Crippen LogP contribution < -0.4 is 0 Å². The molecule has 21 heavy (non-hydrogen) atoms. The van der Waals surface area contributed by atoms with Crippen molar-refractivity contribution in [1.29, 1.82) is 0 Å². The molecule has 1 saturated heterocycles. The van der Waals surface area contributed by atoms with Gasteiger partial charge in [0.05, 0.1) is 0 Å². The SMILES string of the molecule is O=C1COC(=O)/C1=C(/O)CC[C@@H]1CC[C@H]2CCCC[C@@H]2C1. The zero-order chi connectivity index (χ0) is 14.8. The van der Waals surface area contributed by atoms with Crippen LogP contribution in [-0.4, -0.2) is 23.5 Å². The van der Waals surface area contributed by atoms with E-state index >= 15 is 0 Å². The minimum atomic E-state index is -0.659. The molecule has 0 aromatic heterocycles. The molecule has 1 aliphatic heterocycles. The second-order valence-electron chi connectivity index (χ2n) is 6.84. The van der Waals surface area contributed by atoms with Crippen LogP contribution in [-0.2, 0) is 14.3 Å². The van der Waals surface area contributed by atoms with Gasteiger partial charge >= 0.3 is 5.97 Å². The van der Waals surface area contributed by atoms with Gasteiger partial charge in [0, 0.05) is 6.42 Å². The Labute approximate surface area is 125 Å². The highest BCUT2D eigenvalue weighted by atomic mass is 16.5. The zero-order valence-corrected chi connectivity index (χ0v) is 12.5. The largest absolute Gasteiger partial charge is 0.511 e. The van der Waals surface area contributed by atoms with E-state index in [1.807, 2.05) is 0 Å². The summed E-state index contributed by atoms with van der Waals surface area (Å²) in [6.07, 6.45) is 10.6. The van der Waals surface area contributed by atoms with Gasteiger partial charge in [-0.15, -0.1) is 0 Å². The molecule has 0 aromatic rings. The molecule has 0 aromatic carbocycles. The highest BCUT2D eigenvalue weighted by Crippen LogP contribution is 2.44. The number of aliphatic hydroxyl groups excluding tert-OH is 1. The summed E-state index contributed by atoms with van der Waals surface area (Å²) < 4.78 is 4.66. The van der Waals surface area contributed by atoms with Crippen molar-refractivity contribution in [3.8, 4) is 0 Å². The van der Waals surface area contributed by atoms with Gasteiger partial charge in [-0.2, -0.15) is 0 Å². The van der Waals surface area contributed by atoms with E-state index in [4.69, 9.17) is 0 Å². The Morgan fingerprint density at radius 2 is 1.86 bits per heavy atom. The fourth-order valence-electron chi connectivity index (χ4n) is 4.37. The van der Waals surface area contributed by atoms with E-state index in [2.05, 4.69) is 4.74 Å². The minimum Gasteiger partial charge on any atom is -0.511 e. The van der Waals surface area contributed by atoms with Gasteiger partial charge in [-0.05, 0) is 37.0 Å². The number of ketones is 1. The lowest BCUT2D eigenvalue weighted by atomic mass is 9.67. The summed E-state index contributed by atoms with van der Waals surface area (Å²) in [6, 6.07) is 0. The Kier molecular flexibility index (Phi) is 4.32. The smallest absolute Gasteiger partial charge is 0.345 e. The molecule has 3 fully saturated rings. The van der Waals surface area contributed by atoms with E-state index in [-0.39, 0.29) is 23.7 Å². The number of rotatable bonds is 3. The molecule has 0 unspecified atom stereocenters. The molecule has 2 aliphatic carbocycles. The summed E-state index contributed by atoms with van der Waals surface area (Å²) in [6.45, 7) is -0.217. The summed E-state index contributed by atoms with van der Waals surface area (Å²) in [5, 5.41) is 10.0. The molecule has 0 spiro atoms.